The SMILES string of the molecule is COc1ccc(C2CC2C(=O)Nc2ccc([N+](=O)[O-])c(C)c2)cc1. The summed E-state index contributed by atoms with van der Waals surface area (Å²) in [6.07, 6.45) is 0.810. The van der Waals surface area contributed by atoms with Crippen molar-refractivity contribution in [2.75, 3.05) is 12.4 Å². The van der Waals surface area contributed by atoms with Gasteiger partial charge in [0.25, 0.3) is 5.69 Å². The molecule has 0 heterocycles. The van der Waals surface area contributed by atoms with E-state index in [1.54, 1.807) is 26.2 Å². The van der Waals surface area contributed by atoms with E-state index >= 15 is 0 Å². The molecule has 124 valence electrons. The highest BCUT2D eigenvalue weighted by Gasteiger charge is 2.43. The second-order valence-corrected chi connectivity index (χ2v) is 5.97. The Balaban J connectivity index is 1.64. The lowest BCUT2D eigenvalue weighted by molar-refractivity contribution is -0.385. The van der Waals surface area contributed by atoms with Crippen LogP contribution in [0, 0.1) is 23.0 Å². The van der Waals surface area contributed by atoms with E-state index in [2.05, 4.69) is 5.32 Å². The maximum absolute atomic E-state index is 12.3. The maximum Gasteiger partial charge on any atom is 0.272 e. The summed E-state index contributed by atoms with van der Waals surface area (Å²) < 4.78 is 5.13. The Morgan fingerprint density at radius 2 is 1.96 bits per heavy atom. The number of methoxy groups -OCH3 is 1. The van der Waals surface area contributed by atoms with Crippen molar-refractivity contribution in [1.82, 2.24) is 0 Å². The highest BCUT2D eigenvalue weighted by Crippen LogP contribution is 2.48. The molecule has 1 saturated carbocycles. The van der Waals surface area contributed by atoms with Gasteiger partial charge in [-0.25, -0.2) is 0 Å². The van der Waals surface area contributed by atoms with Gasteiger partial charge in [0, 0.05) is 23.2 Å². The molecule has 24 heavy (non-hydrogen) atoms. The van der Waals surface area contributed by atoms with Crippen LogP contribution in [-0.2, 0) is 4.79 Å². The molecule has 1 fully saturated rings. The molecule has 6 heteroatoms. The van der Waals surface area contributed by atoms with E-state index in [0.717, 1.165) is 17.7 Å². The summed E-state index contributed by atoms with van der Waals surface area (Å²) in [4.78, 5) is 22.7. The van der Waals surface area contributed by atoms with Crippen LogP contribution in [0.2, 0.25) is 0 Å². The number of benzene rings is 2. The Labute approximate surface area is 139 Å². The molecule has 2 unspecified atom stereocenters. The number of nitro benzene ring substituents is 1. The molecule has 3 rings (SSSR count). The van der Waals surface area contributed by atoms with Crippen LogP contribution in [0.25, 0.3) is 0 Å². The Hall–Kier alpha value is -2.89. The summed E-state index contributed by atoms with van der Waals surface area (Å²) in [5.74, 6) is 0.898. The third kappa shape index (κ3) is 3.22. The molecule has 1 aliphatic carbocycles. The first-order valence-electron chi connectivity index (χ1n) is 7.69. The molecule has 0 spiro atoms. The molecule has 6 nitrogen and oxygen atoms in total. The lowest BCUT2D eigenvalue weighted by atomic mass is 10.1. The second kappa shape index (κ2) is 6.31. The van der Waals surface area contributed by atoms with Gasteiger partial charge in [0.1, 0.15) is 5.75 Å². The molecular formula is C18H18N2O4. The minimum absolute atomic E-state index is 0.0514. The topological polar surface area (TPSA) is 81.5 Å². The van der Waals surface area contributed by atoms with Gasteiger partial charge in [-0.15, -0.1) is 0 Å². The van der Waals surface area contributed by atoms with E-state index in [1.165, 1.54) is 6.07 Å². The number of nitrogens with one attached hydrogen (secondary N) is 1. The van der Waals surface area contributed by atoms with E-state index in [-0.39, 0.29) is 23.4 Å². The summed E-state index contributed by atoms with van der Waals surface area (Å²) in [5.41, 5.74) is 2.29. The number of anilines is 1. The first kappa shape index (κ1) is 16.0. The number of rotatable bonds is 5. The van der Waals surface area contributed by atoms with E-state index in [4.69, 9.17) is 4.74 Å². The molecule has 2 atom stereocenters. The zero-order valence-corrected chi connectivity index (χ0v) is 13.5. The number of hydrogen-bond donors (Lipinski definition) is 1. The van der Waals surface area contributed by atoms with Crippen molar-refractivity contribution in [2.45, 2.75) is 19.3 Å². The molecule has 1 amide bonds. The number of aryl methyl sites for hydroxylation is 1. The molecule has 1 N–H and O–H groups in total. The van der Waals surface area contributed by atoms with E-state index < -0.39 is 4.92 Å². The van der Waals surface area contributed by atoms with Crippen molar-refractivity contribution in [2.24, 2.45) is 5.92 Å². The Bertz CT molecular complexity index is 786. The first-order chi connectivity index (χ1) is 11.5. The summed E-state index contributed by atoms with van der Waals surface area (Å²) in [6.45, 7) is 1.66. The van der Waals surface area contributed by atoms with E-state index in [0.29, 0.717) is 11.3 Å². The van der Waals surface area contributed by atoms with E-state index in [1.807, 2.05) is 24.3 Å². The zero-order valence-electron chi connectivity index (χ0n) is 13.5. The fourth-order valence-corrected chi connectivity index (χ4v) is 2.88. The summed E-state index contributed by atoms with van der Waals surface area (Å²) in [7, 11) is 1.62. The van der Waals surface area contributed by atoms with Crippen LogP contribution in [0.5, 0.6) is 5.75 Å². The third-order valence-electron chi connectivity index (χ3n) is 4.33. The largest absolute Gasteiger partial charge is 0.497 e. The predicted molar refractivity (Wildman–Crippen MR) is 90.3 cm³/mol. The smallest absolute Gasteiger partial charge is 0.272 e. The van der Waals surface area contributed by atoms with Crippen molar-refractivity contribution < 1.29 is 14.5 Å². The lowest BCUT2D eigenvalue weighted by Gasteiger charge is -2.07. The van der Waals surface area contributed by atoms with Gasteiger partial charge in [0.05, 0.1) is 12.0 Å². The molecule has 0 aromatic heterocycles. The van der Waals surface area contributed by atoms with Gasteiger partial charge in [-0.3, -0.25) is 14.9 Å². The molecule has 2 aromatic carbocycles. The number of carbonyl (C=O) groups is 1. The van der Waals surface area contributed by atoms with Crippen LogP contribution >= 0.6 is 0 Å². The van der Waals surface area contributed by atoms with Crippen LogP contribution in [-0.4, -0.2) is 17.9 Å². The van der Waals surface area contributed by atoms with Gasteiger partial charge < -0.3 is 10.1 Å². The summed E-state index contributed by atoms with van der Waals surface area (Å²) >= 11 is 0. The normalized spacial score (nSPS) is 18.8. The Morgan fingerprint density at radius 3 is 2.54 bits per heavy atom. The Kier molecular flexibility index (Phi) is 4.20. The van der Waals surface area contributed by atoms with Gasteiger partial charge in [0.15, 0.2) is 0 Å². The zero-order chi connectivity index (χ0) is 17.3. The van der Waals surface area contributed by atoms with Crippen LogP contribution < -0.4 is 10.1 Å². The minimum Gasteiger partial charge on any atom is -0.497 e. The first-order valence-corrected chi connectivity index (χ1v) is 7.69. The molecule has 2 aromatic rings. The number of nitrogens with zero attached hydrogens (tertiary/aromatic N) is 1. The number of nitro groups is 1. The van der Waals surface area contributed by atoms with Crippen LogP contribution in [0.4, 0.5) is 11.4 Å². The standard InChI is InChI=1S/C18H18N2O4/c1-11-9-13(5-8-17(11)20(22)23)19-18(21)16-10-15(16)12-3-6-14(24-2)7-4-12/h3-9,15-16H,10H2,1-2H3,(H,19,21). The average Bonchev–Trinajstić information content (AvgIpc) is 3.35. The number of ether oxygens (including phenoxy) is 1. The quantitative estimate of drug-likeness (QED) is 0.671. The van der Waals surface area contributed by atoms with Crippen LogP contribution in [0.3, 0.4) is 0 Å². The minimum atomic E-state index is -0.429. The second-order valence-electron chi connectivity index (χ2n) is 5.97. The molecule has 0 radical (unpaired) electrons. The number of carbonyl (C=O) groups excluding carboxylic acids is 1. The molecule has 0 bridgehead atoms. The maximum atomic E-state index is 12.3. The van der Waals surface area contributed by atoms with Gasteiger partial charge in [-0.05, 0) is 49.1 Å². The highest BCUT2D eigenvalue weighted by molar-refractivity contribution is 5.95. The van der Waals surface area contributed by atoms with Gasteiger partial charge in [0.2, 0.25) is 5.91 Å². The molecule has 1 aliphatic rings. The summed E-state index contributed by atoms with van der Waals surface area (Å²) in [5, 5.41) is 13.7. The fraction of sp³-hybridized carbons (Fsp3) is 0.278. The fourth-order valence-electron chi connectivity index (χ4n) is 2.88. The van der Waals surface area contributed by atoms with Gasteiger partial charge >= 0.3 is 0 Å². The van der Waals surface area contributed by atoms with E-state index in [9.17, 15) is 14.9 Å². The van der Waals surface area contributed by atoms with Crippen LogP contribution in [0.15, 0.2) is 42.5 Å². The number of amides is 1. The van der Waals surface area contributed by atoms with Crippen molar-refractivity contribution >= 4 is 17.3 Å². The number of hydrogen-bond acceptors (Lipinski definition) is 4. The molecular weight excluding hydrogens is 308 g/mol. The molecule has 0 saturated heterocycles. The van der Waals surface area contributed by atoms with Gasteiger partial charge in [-0.1, -0.05) is 12.1 Å². The van der Waals surface area contributed by atoms with Crippen molar-refractivity contribution in [3.63, 3.8) is 0 Å². The molecule has 0 aliphatic heterocycles. The monoisotopic (exact) mass is 326 g/mol. The summed E-state index contributed by atoms with van der Waals surface area (Å²) in [6, 6.07) is 12.3. The van der Waals surface area contributed by atoms with Crippen molar-refractivity contribution in [3.05, 3.63) is 63.7 Å². The predicted octanol–water partition coefficient (Wildman–Crippen LogP) is 3.65. The average molecular weight is 326 g/mol. The van der Waals surface area contributed by atoms with Crippen LogP contribution in [0.1, 0.15) is 23.5 Å². The third-order valence-corrected chi connectivity index (χ3v) is 4.33. The van der Waals surface area contributed by atoms with Gasteiger partial charge in [-0.2, -0.15) is 0 Å². The lowest BCUT2D eigenvalue weighted by Crippen LogP contribution is -2.14. The van der Waals surface area contributed by atoms with Crippen molar-refractivity contribution in [1.29, 1.82) is 0 Å². The van der Waals surface area contributed by atoms with Crippen molar-refractivity contribution in [3.8, 4) is 5.75 Å². The highest BCUT2D eigenvalue weighted by atomic mass is 16.6. The Morgan fingerprint density at radius 1 is 1.25 bits per heavy atom.